The Labute approximate surface area is 232 Å². The van der Waals surface area contributed by atoms with Gasteiger partial charge in [-0.25, -0.2) is 8.42 Å². The van der Waals surface area contributed by atoms with E-state index >= 15 is 0 Å². The number of halogens is 2. The van der Waals surface area contributed by atoms with Crippen molar-refractivity contribution in [2.75, 3.05) is 11.9 Å². The van der Waals surface area contributed by atoms with Crippen LogP contribution in [0.1, 0.15) is 29.8 Å². The van der Waals surface area contributed by atoms with E-state index in [2.05, 4.69) is 5.32 Å². The predicted octanol–water partition coefficient (Wildman–Crippen LogP) is 7.29. The number of para-hydroxylation sites is 1. The second-order valence-corrected chi connectivity index (χ2v) is 11.4. The van der Waals surface area contributed by atoms with E-state index in [0.717, 1.165) is 16.7 Å². The summed E-state index contributed by atoms with van der Waals surface area (Å²) in [5.74, 6) is 1.03. The van der Waals surface area contributed by atoms with Crippen molar-refractivity contribution in [3.63, 3.8) is 0 Å². The maximum Gasteiger partial charge on any atom is 0.247 e. The zero-order valence-corrected chi connectivity index (χ0v) is 22.9. The van der Waals surface area contributed by atoms with E-state index in [1.807, 2.05) is 61.5 Å². The number of fused-ring (bicyclic) bond motifs is 1. The number of rotatable bonds is 8. The normalized spacial score (nSPS) is 16.3. The van der Waals surface area contributed by atoms with Gasteiger partial charge in [0.1, 0.15) is 17.7 Å². The van der Waals surface area contributed by atoms with Crippen LogP contribution in [-0.2, 0) is 23.2 Å². The number of anilines is 1. The van der Waals surface area contributed by atoms with E-state index < -0.39 is 16.2 Å². The van der Waals surface area contributed by atoms with E-state index in [9.17, 15) is 8.42 Å². The lowest BCUT2D eigenvalue weighted by Gasteiger charge is -2.37. The Balaban J connectivity index is 1.50. The Morgan fingerprint density at radius 3 is 2.39 bits per heavy atom. The summed E-state index contributed by atoms with van der Waals surface area (Å²) in [5, 5.41) is 4.48. The van der Waals surface area contributed by atoms with Gasteiger partial charge < -0.3 is 14.8 Å². The molecule has 0 radical (unpaired) electrons. The lowest BCUT2D eigenvalue weighted by Crippen LogP contribution is -2.42. The Hall–Kier alpha value is -3.23. The molecule has 0 aromatic heterocycles. The summed E-state index contributed by atoms with van der Waals surface area (Å²) < 4.78 is 41.0. The molecule has 1 aliphatic heterocycles. The molecule has 4 aromatic rings. The SMILES string of the molecule is CCOc1cc([C@H]2Nc3ccccc3S(=O)(=O)N2Cc2ccccc2)ccc1OCc1ccc(Cl)cc1Cl. The predicted molar refractivity (Wildman–Crippen MR) is 150 cm³/mol. The van der Waals surface area contributed by atoms with Gasteiger partial charge in [0.15, 0.2) is 11.5 Å². The molecule has 0 bridgehead atoms. The summed E-state index contributed by atoms with van der Waals surface area (Å²) >= 11 is 12.3. The minimum atomic E-state index is -3.79. The first-order valence-electron chi connectivity index (χ1n) is 12.1. The summed E-state index contributed by atoms with van der Waals surface area (Å²) in [6.45, 7) is 2.72. The average molecular weight is 570 g/mol. The van der Waals surface area contributed by atoms with Gasteiger partial charge >= 0.3 is 0 Å². The highest BCUT2D eigenvalue weighted by Gasteiger charge is 2.39. The lowest BCUT2D eigenvalue weighted by molar-refractivity contribution is 0.268. The molecule has 4 aromatic carbocycles. The maximum absolute atomic E-state index is 13.8. The summed E-state index contributed by atoms with van der Waals surface area (Å²) in [6.07, 6.45) is -0.658. The van der Waals surface area contributed by atoms with Gasteiger partial charge in [-0.1, -0.05) is 77.8 Å². The molecule has 0 spiro atoms. The van der Waals surface area contributed by atoms with Crippen LogP contribution < -0.4 is 14.8 Å². The summed E-state index contributed by atoms with van der Waals surface area (Å²) in [4.78, 5) is 0.247. The molecule has 196 valence electrons. The van der Waals surface area contributed by atoms with Gasteiger partial charge in [-0.3, -0.25) is 0 Å². The first kappa shape index (κ1) is 26.4. The van der Waals surface area contributed by atoms with Crippen molar-refractivity contribution in [3.8, 4) is 11.5 Å². The highest BCUT2D eigenvalue weighted by atomic mass is 35.5. The molecule has 9 heteroatoms. The molecule has 0 saturated carbocycles. The van der Waals surface area contributed by atoms with Crippen molar-refractivity contribution in [3.05, 3.63) is 118 Å². The fourth-order valence-electron chi connectivity index (χ4n) is 4.36. The molecule has 38 heavy (non-hydrogen) atoms. The minimum absolute atomic E-state index is 0.201. The topological polar surface area (TPSA) is 67.9 Å². The van der Waals surface area contributed by atoms with E-state index in [4.69, 9.17) is 32.7 Å². The quantitative estimate of drug-likeness (QED) is 0.242. The van der Waals surface area contributed by atoms with Crippen molar-refractivity contribution < 1.29 is 17.9 Å². The second kappa shape index (κ2) is 11.3. The van der Waals surface area contributed by atoms with Crippen LogP contribution in [-0.4, -0.2) is 19.3 Å². The van der Waals surface area contributed by atoms with Crippen LogP contribution in [0, 0.1) is 0 Å². The molecule has 0 saturated heterocycles. The summed E-state index contributed by atoms with van der Waals surface area (Å²) in [6, 6.07) is 27.2. The lowest BCUT2D eigenvalue weighted by atomic mass is 10.1. The Morgan fingerprint density at radius 2 is 1.63 bits per heavy atom. The van der Waals surface area contributed by atoms with Crippen molar-refractivity contribution in [1.29, 1.82) is 0 Å². The number of ether oxygens (including phenoxy) is 2. The zero-order valence-electron chi connectivity index (χ0n) is 20.6. The smallest absolute Gasteiger partial charge is 0.247 e. The van der Waals surface area contributed by atoms with Crippen molar-refractivity contribution in [2.45, 2.75) is 31.1 Å². The standard InChI is InChI=1S/C29H26Cl2N2O4S/c1-2-36-27-16-21(13-15-26(27)37-19-22-12-14-23(30)17-24(22)31)29-32-25-10-6-7-11-28(25)38(34,35)33(29)18-20-8-4-3-5-9-20/h3-17,29,32H,2,18-19H2,1H3/t29-/m0/s1. The minimum Gasteiger partial charge on any atom is -0.490 e. The highest BCUT2D eigenvalue weighted by Crippen LogP contribution is 2.41. The van der Waals surface area contributed by atoms with Gasteiger partial charge in [0, 0.05) is 22.2 Å². The van der Waals surface area contributed by atoms with Gasteiger partial charge in [-0.2, -0.15) is 4.31 Å². The van der Waals surface area contributed by atoms with Crippen LogP contribution in [0.15, 0.2) is 95.9 Å². The van der Waals surface area contributed by atoms with Gasteiger partial charge in [0.2, 0.25) is 10.0 Å². The Bertz CT molecular complexity index is 1550. The summed E-state index contributed by atoms with van der Waals surface area (Å²) in [7, 11) is -3.79. The average Bonchev–Trinajstić information content (AvgIpc) is 2.91. The fourth-order valence-corrected chi connectivity index (χ4v) is 6.50. The Kier molecular flexibility index (Phi) is 7.81. The third-order valence-electron chi connectivity index (χ3n) is 6.22. The first-order chi connectivity index (χ1) is 18.4. The van der Waals surface area contributed by atoms with Crippen LogP contribution in [0.4, 0.5) is 5.69 Å². The molecule has 1 atom stereocenters. The van der Waals surface area contributed by atoms with Crippen molar-refractivity contribution in [1.82, 2.24) is 4.31 Å². The maximum atomic E-state index is 13.8. The summed E-state index contributed by atoms with van der Waals surface area (Å²) in [5.41, 5.74) is 2.94. The number of benzene rings is 4. The van der Waals surface area contributed by atoms with E-state index in [0.29, 0.717) is 33.8 Å². The van der Waals surface area contributed by atoms with Gasteiger partial charge in [0.25, 0.3) is 0 Å². The van der Waals surface area contributed by atoms with Gasteiger partial charge in [-0.15, -0.1) is 0 Å². The zero-order chi connectivity index (χ0) is 26.7. The molecule has 0 unspecified atom stereocenters. The number of hydrogen-bond donors (Lipinski definition) is 1. The third-order valence-corrected chi connectivity index (χ3v) is 8.67. The Morgan fingerprint density at radius 1 is 0.868 bits per heavy atom. The van der Waals surface area contributed by atoms with Gasteiger partial charge in [-0.05, 0) is 54.4 Å². The van der Waals surface area contributed by atoms with Crippen LogP contribution >= 0.6 is 23.2 Å². The van der Waals surface area contributed by atoms with Crippen molar-refractivity contribution >= 4 is 38.9 Å². The van der Waals surface area contributed by atoms with Crippen LogP contribution in [0.2, 0.25) is 10.0 Å². The third kappa shape index (κ3) is 5.47. The van der Waals surface area contributed by atoms with Crippen LogP contribution in [0.25, 0.3) is 0 Å². The van der Waals surface area contributed by atoms with E-state index in [1.165, 1.54) is 4.31 Å². The monoisotopic (exact) mass is 568 g/mol. The largest absolute Gasteiger partial charge is 0.490 e. The number of sulfonamides is 1. The number of nitrogens with one attached hydrogen (secondary N) is 1. The molecule has 0 aliphatic carbocycles. The second-order valence-electron chi connectivity index (χ2n) is 8.74. The highest BCUT2D eigenvalue weighted by molar-refractivity contribution is 7.89. The molecule has 0 amide bonds. The molecule has 1 aliphatic rings. The van der Waals surface area contributed by atoms with Crippen molar-refractivity contribution in [2.24, 2.45) is 0 Å². The van der Waals surface area contributed by atoms with E-state index in [1.54, 1.807) is 36.4 Å². The molecule has 0 fully saturated rings. The van der Waals surface area contributed by atoms with Gasteiger partial charge in [0.05, 0.1) is 12.3 Å². The first-order valence-corrected chi connectivity index (χ1v) is 14.3. The molecular weight excluding hydrogens is 543 g/mol. The molecule has 1 heterocycles. The molecular formula is C29H26Cl2N2O4S. The molecule has 1 N–H and O–H groups in total. The van der Waals surface area contributed by atoms with E-state index in [-0.39, 0.29) is 18.0 Å². The van der Waals surface area contributed by atoms with Crippen LogP contribution in [0.3, 0.4) is 0 Å². The number of hydrogen-bond acceptors (Lipinski definition) is 5. The number of nitrogens with zero attached hydrogens (tertiary/aromatic N) is 1. The van der Waals surface area contributed by atoms with Crippen LogP contribution in [0.5, 0.6) is 11.5 Å². The fraction of sp³-hybridized carbons (Fsp3) is 0.172. The molecule has 6 nitrogen and oxygen atoms in total. The molecule has 5 rings (SSSR count).